The Hall–Kier alpha value is -4.12. The molecule has 0 spiro atoms. The van der Waals surface area contributed by atoms with Crippen molar-refractivity contribution in [1.29, 1.82) is 0 Å². The van der Waals surface area contributed by atoms with E-state index in [1.54, 1.807) is 0 Å². The van der Waals surface area contributed by atoms with Crippen LogP contribution in [0.5, 0.6) is 0 Å². The summed E-state index contributed by atoms with van der Waals surface area (Å²) in [7, 11) is 0. The second-order valence-corrected chi connectivity index (χ2v) is 15.3. The summed E-state index contributed by atoms with van der Waals surface area (Å²) in [5, 5.41) is 4.23. The number of fused-ring (bicyclic) bond motifs is 4. The number of halogens is 3. The third kappa shape index (κ3) is 5.94. The molecular weight excluding hydrogens is 591 g/mol. The largest absolute Gasteiger partial charge is 0.455 e. The Morgan fingerprint density at radius 2 is 1.30 bits per heavy atom. The molecule has 0 aliphatic carbocycles. The summed E-state index contributed by atoms with van der Waals surface area (Å²) in [6.45, 7) is 17.6. The maximum atomic E-state index is 14.0. The molecule has 4 aromatic carbocycles. The maximum absolute atomic E-state index is 14.0. The molecule has 0 bridgehead atoms. The van der Waals surface area contributed by atoms with Crippen LogP contribution in [0.4, 0.5) is 13.2 Å². The Kier molecular flexibility index (Phi) is 8.05. The molecule has 2 aromatic heterocycles. The number of nitrogens with zero attached hydrogens (tertiary/aromatic N) is 1. The van der Waals surface area contributed by atoms with Crippen LogP contribution in [0.1, 0.15) is 96.4 Å². The standard InChI is InChI=1S/C42H44F3NO/c1-24(2)31-18-26(23-41(8,9)42(43,44)45)19-32(25(3)4)37(31)36-22-33-38(46-35-17-13-12-16-30(35)39(33)47-36)28-20-27-14-10-11-15-29(27)34(21-28)40(5,6)7/h10-22,24-25H,23H2,1-9H3. The summed E-state index contributed by atoms with van der Waals surface area (Å²) in [4.78, 5) is 5.24. The Balaban J connectivity index is 1.64. The predicted octanol–water partition coefficient (Wildman–Crippen LogP) is 13.1. The van der Waals surface area contributed by atoms with Crippen molar-refractivity contribution in [1.82, 2.24) is 4.98 Å². The van der Waals surface area contributed by atoms with Gasteiger partial charge >= 0.3 is 6.18 Å². The van der Waals surface area contributed by atoms with Crippen LogP contribution >= 0.6 is 0 Å². The molecule has 0 radical (unpaired) electrons. The van der Waals surface area contributed by atoms with E-state index in [0.29, 0.717) is 11.3 Å². The van der Waals surface area contributed by atoms with E-state index in [4.69, 9.17) is 9.40 Å². The monoisotopic (exact) mass is 635 g/mol. The topological polar surface area (TPSA) is 26.0 Å². The zero-order valence-corrected chi connectivity index (χ0v) is 28.9. The van der Waals surface area contributed by atoms with Gasteiger partial charge in [-0.1, -0.05) is 111 Å². The molecule has 0 saturated carbocycles. The number of pyridine rings is 1. The van der Waals surface area contributed by atoms with E-state index in [1.807, 2.05) is 36.4 Å². The molecule has 2 nitrogen and oxygen atoms in total. The molecule has 0 fully saturated rings. The zero-order chi connectivity index (χ0) is 34.1. The second-order valence-electron chi connectivity index (χ2n) is 15.3. The molecule has 0 unspecified atom stereocenters. The Morgan fingerprint density at radius 1 is 0.702 bits per heavy atom. The van der Waals surface area contributed by atoms with Gasteiger partial charge in [-0.2, -0.15) is 13.2 Å². The number of hydrogen-bond donors (Lipinski definition) is 0. The molecule has 0 amide bonds. The van der Waals surface area contributed by atoms with Gasteiger partial charge in [0.1, 0.15) is 11.3 Å². The van der Waals surface area contributed by atoms with Crippen molar-refractivity contribution < 1.29 is 17.6 Å². The number of para-hydroxylation sites is 1. The minimum atomic E-state index is -4.31. The van der Waals surface area contributed by atoms with Crippen molar-refractivity contribution in [2.75, 3.05) is 0 Å². The van der Waals surface area contributed by atoms with Gasteiger partial charge in [-0.15, -0.1) is 0 Å². The number of benzene rings is 4. The van der Waals surface area contributed by atoms with Gasteiger partial charge in [0.25, 0.3) is 0 Å². The van der Waals surface area contributed by atoms with Crippen LogP contribution in [0, 0.1) is 5.41 Å². The Morgan fingerprint density at radius 3 is 1.89 bits per heavy atom. The van der Waals surface area contributed by atoms with Crippen LogP contribution in [-0.2, 0) is 11.8 Å². The number of hydrogen-bond acceptors (Lipinski definition) is 2. The van der Waals surface area contributed by atoms with Crippen LogP contribution in [-0.4, -0.2) is 11.2 Å². The van der Waals surface area contributed by atoms with E-state index in [2.05, 4.69) is 90.9 Å². The first-order chi connectivity index (χ1) is 22.0. The van der Waals surface area contributed by atoms with E-state index in [0.717, 1.165) is 55.2 Å². The van der Waals surface area contributed by atoms with Gasteiger partial charge in [0.2, 0.25) is 0 Å². The third-order valence-corrected chi connectivity index (χ3v) is 9.47. The first-order valence-electron chi connectivity index (χ1n) is 16.6. The van der Waals surface area contributed by atoms with Gasteiger partial charge in [-0.3, -0.25) is 0 Å². The second kappa shape index (κ2) is 11.5. The van der Waals surface area contributed by atoms with Crippen molar-refractivity contribution in [3.05, 3.63) is 101 Å². The molecule has 244 valence electrons. The normalized spacial score (nSPS) is 13.1. The van der Waals surface area contributed by atoms with Gasteiger partial charge in [-0.25, -0.2) is 4.98 Å². The molecule has 6 aromatic rings. The SMILES string of the molecule is CC(C)c1cc(CC(C)(C)C(F)(F)F)cc(C(C)C)c1-c1cc2c(-c3cc(C(C)(C)C)c4ccccc4c3)nc3ccccc3c2o1. The molecule has 0 saturated heterocycles. The minimum Gasteiger partial charge on any atom is -0.455 e. The lowest BCUT2D eigenvalue weighted by molar-refractivity contribution is -0.211. The Bertz CT molecular complexity index is 2090. The highest BCUT2D eigenvalue weighted by molar-refractivity contribution is 6.10. The lowest BCUT2D eigenvalue weighted by Crippen LogP contribution is -2.34. The van der Waals surface area contributed by atoms with E-state index in [9.17, 15) is 13.2 Å². The highest BCUT2D eigenvalue weighted by Crippen LogP contribution is 2.46. The lowest BCUT2D eigenvalue weighted by Gasteiger charge is -2.29. The third-order valence-electron chi connectivity index (χ3n) is 9.47. The number of furan rings is 1. The highest BCUT2D eigenvalue weighted by Gasteiger charge is 2.47. The minimum absolute atomic E-state index is 0.0637. The zero-order valence-electron chi connectivity index (χ0n) is 28.9. The van der Waals surface area contributed by atoms with Crippen LogP contribution in [0.2, 0.25) is 0 Å². The van der Waals surface area contributed by atoms with Crippen LogP contribution in [0.25, 0.3) is 55.2 Å². The smallest absolute Gasteiger partial charge is 0.394 e. The van der Waals surface area contributed by atoms with E-state index in [-0.39, 0.29) is 23.7 Å². The average molecular weight is 636 g/mol. The van der Waals surface area contributed by atoms with Crippen molar-refractivity contribution in [2.45, 2.75) is 92.2 Å². The molecule has 2 heterocycles. The molecule has 47 heavy (non-hydrogen) atoms. The fourth-order valence-corrected chi connectivity index (χ4v) is 6.78. The van der Waals surface area contributed by atoms with E-state index in [1.165, 1.54) is 24.8 Å². The van der Waals surface area contributed by atoms with Gasteiger partial charge in [0.05, 0.1) is 16.6 Å². The molecule has 0 atom stereocenters. The highest BCUT2D eigenvalue weighted by atomic mass is 19.4. The summed E-state index contributed by atoms with van der Waals surface area (Å²) in [6.07, 6.45) is -4.40. The number of aromatic nitrogens is 1. The Labute approximate surface area is 276 Å². The predicted molar refractivity (Wildman–Crippen MR) is 190 cm³/mol. The lowest BCUT2D eigenvalue weighted by atomic mass is 9.80. The molecule has 0 aliphatic rings. The summed E-state index contributed by atoms with van der Waals surface area (Å²) in [6, 6.07) is 27.0. The molecular formula is C42H44F3NO. The van der Waals surface area contributed by atoms with Crippen LogP contribution in [0.3, 0.4) is 0 Å². The summed E-state index contributed by atoms with van der Waals surface area (Å²) >= 11 is 0. The quantitative estimate of drug-likeness (QED) is 0.182. The van der Waals surface area contributed by atoms with Crippen molar-refractivity contribution in [3.63, 3.8) is 0 Å². The van der Waals surface area contributed by atoms with Gasteiger partial charge in [-0.05, 0) is 87.0 Å². The fraction of sp³-hybridized carbons (Fsp3) is 0.357. The van der Waals surface area contributed by atoms with Gasteiger partial charge in [0.15, 0.2) is 0 Å². The summed E-state index contributed by atoms with van der Waals surface area (Å²) < 4.78 is 48.8. The first kappa shape index (κ1) is 32.8. The summed E-state index contributed by atoms with van der Waals surface area (Å²) in [5.41, 5.74) is 6.43. The molecule has 6 rings (SSSR count). The molecule has 0 N–H and O–H groups in total. The van der Waals surface area contributed by atoms with Crippen LogP contribution in [0.15, 0.2) is 83.3 Å². The van der Waals surface area contributed by atoms with Gasteiger partial charge in [0, 0.05) is 21.9 Å². The van der Waals surface area contributed by atoms with Crippen molar-refractivity contribution >= 4 is 32.6 Å². The van der Waals surface area contributed by atoms with E-state index < -0.39 is 11.6 Å². The summed E-state index contributed by atoms with van der Waals surface area (Å²) in [5.74, 6) is 0.841. The van der Waals surface area contributed by atoms with Crippen molar-refractivity contribution in [2.24, 2.45) is 5.41 Å². The van der Waals surface area contributed by atoms with E-state index >= 15 is 0 Å². The molecule has 0 aliphatic heterocycles. The average Bonchev–Trinajstić information content (AvgIpc) is 3.44. The fourth-order valence-electron chi connectivity index (χ4n) is 6.78. The van der Waals surface area contributed by atoms with Crippen molar-refractivity contribution in [3.8, 4) is 22.6 Å². The van der Waals surface area contributed by atoms with Crippen LogP contribution < -0.4 is 0 Å². The molecule has 5 heteroatoms. The maximum Gasteiger partial charge on any atom is 0.394 e. The van der Waals surface area contributed by atoms with Gasteiger partial charge < -0.3 is 4.42 Å². The first-order valence-corrected chi connectivity index (χ1v) is 16.6. The number of alkyl halides is 3. The number of rotatable bonds is 6.